The van der Waals surface area contributed by atoms with Crippen molar-refractivity contribution < 1.29 is 18.0 Å². The number of rotatable bonds is 4. The SMILES string of the molecule is N#C/C(=C/N1CCN(c2ccccn2)CC1)C(=O)Nc1cccc(C(F)(F)F)c1. The first-order valence-corrected chi connectivity index (χ1v) is 8.87. The number of anilines is 2. The number of hydrogen-bond donors (Lipinski definition) is 1. The summed E-state index contributed by atoms with van der Waals surface area (Å²) in [5.74, 6) is 0.109. The summed E-state index contributed by atoms with van der Waals surface area (Å²) in [4.78, 5) is 20.6. The van der Waals surface area contributed by atoms with E-state index >= 15 is 0 Å². The number of aromatic nitrogens is 1. The van der Waals surface area contributed by atoms with Gasteiger partial charge < -0.3 is 15.1 Å². The molecule has 1 aromatic carbocycles. The number of hydrogen-bond acceptors (Lipinski definition) is 5. The number of alkyl halides is 3. The van der Waals surface area contributed by atoms with Crippen LogP contribution in [0.15, 0.2) is 60.4 Å². The zero-order valence-corrected chi connectivity index (χ0v) is 15.4. The quantitative estimate of drug-likeness (QED) is 0.629. The Labute approximate surface area is 165 Å². The van der Waals surface area contributed by atoms with Crippen LogP contribution in [-0.4, -0.2) is 42.0 Å². The summed E-state index contributed by atoms with van der Waals surface area (Å²) in [7, 11) is 0. The summed E-state index contributed by atoms with van der Waals surface area (Å²) in [5.41, 5.74) is -1.07. The van der Waals surface area contributed by atoms with E-state index in [1.165, 1.54) is 18.3 Å². The molecule has 29 heavy (non-hydrogen) atoms. The van der Waals surface area contributed by atoms with Gasteiger partial charge in [0.1, 0.15) is 17.5 Å². The van der Waals surface area contributed by atoms with Crippen molar-refractivity contribution in [3.8, 4) is 6.07 Å². The molecule has 2 heterocycles. The fourth-order valence-corrected chi connectivity index (χ4v) is 2.91. The largest absolute Gasteiger partial charge is 0.416 e. The van der Waals surface area contributed by atoms with Gasteiger partial charge in [0, 0.05) is 44.3 Å². The third kappa shape index (κ3) is 5.25. The number of halogens is 3. The van der Waals surface area contributed by atoms with Gasteiger partial charge in [-0.25, -0.2) is 4.98 Å². The summed E-state index contributed by atoms with van der Waals surface area (Å²) in [6, 6.07) is 11.8. The van der Waals surface area contributed by atoms with E-state index in [1.54, 1.807) is 6.20 Å². The van der Waals surface area contributed by atoms with Crippen molar-refractivity contribution in [1.29, 1.82) is 5.26 Å². The van der Waals surface area contributed by atoms with Gasteiger partial charge >= 0.3 is 6.18 Å². The Morgan fingerprint density at radius 1 is 1.14 bits per heavy atom. The van der Waals surface area contributed by atoms with Crippen LogP contribution >= 0.6 is 0 Å². The maximum atomic E-state index is 12.8. The third-order valence-electron chi connectivity index (χ3n) is 4.41. The van der Waals surface area contributed by atoms with Crippen molar-refractivity contribution in [2.24, 2.45) is 0 Å². The second kappa shape index (κ2) is 8.65. The minimum absolute atomic E-state index is 0.0223. The predicted octanol–water partition coefficient (Wildman–Crippen LogP) is 3.27. The van der Waals surface area contributed by atoms with Gasteiger partial charge in [-0.05, 0) is 30.3 Å². The van der Waals surface area contributed by atoms with Gasteiger partial charge in [-0.2, -0.15) is 18.4 Å². The normalized spacial score (nSPS) is 15.0. The molecule has 1 fully saturated rings. The van der Waals surface area contributed by atoms with Crippen LogP contribution in [0, 0.1) is 11.3 Å². The van der Waals surface area contributed by atoms with E-state index in [0.717, 1.165) is 18.0 Å². The first-order valence-electron chi connectivity index (χ1n) is 8.87. The second-order valence-electron chi connectivity index (χ2n) is 6.40. The number of carbonyl (C=O) groups excluding carboxylic acids is 1. The van der Waals surface area contributed by atoms with Crippen molar-refractivity contribution in [2.45, 2.75) is 6.18 Å². The van der Waals surface area contributed by atoms with Crippen LogP contribution < -0.4 is 10.2 Å². The summed E-state index contributed by atoms with van der Waals surface area (Å²) < 4.78 is 38.4. The molecular formula is C20H18F3N5O. The van der Waals surface area contributed by atoms with Gasteiger partial charge in [0.05, 0.1) is 5.56 Å². The zero-order valence-electron chi connectivity index (χ0n) is 15.4. The fourth-order valence-electron chi connectivity index (χ4n) is 2.91. The molecule has 1 saturated heterocycles. The van der Waals surface area contributed by atoms with Crippen molar-refractivity contribution in [1.82, 2.24) is 9.88 Å². The highest BCUT2D eigenvalue weighted by molar-refractivity contribution is 6.06. The number of nitrogens with zero attached hydrogens (tertiary/aromatic N) is 4. The second-order valence-corrected chi connectivity index (χ2v) is 6.40. The molecule has 0 saturated carbocycles. The molecular weight excluding hydrogens is 383 g/mol. The average Bonchev–Trinajstić information content (AvgIpc) is 2.72. The molecule has 1 aliphatic heterocycles. The van der Waals surface area contributed by atoms with Gasteiger partial charge in [-0.1, -0.05) is 12.1 Å². The molecule has 0 atom stereocenters. The Hall–Kier alpha value is -3.54. The molecule has 1 amide bonds. The molecule has 0 bridgehead atoms. The van der Waals surface area contributed by atoms with Crippen molar-refractivity contribution in [3.63, 3.8) is 0 Å². The van der Waals surface area contributed by atoms with Crippen molar-refractivity contribution in [3.05, 3.63) is 66.0 Å². The van der Waals surface area contributed by atoms with Gasteiger partial charge in [-0.3, -0.25) is 4.79 Å². The summed E-state index contributed by atoms with van der Waals surface area (Å²) >= 11 is 0. The van der Waals surface area contributed by atoms with E-state index < -0.39 is 17.6 Å². The zero-order chi connectivity index (χ0) is 20.9. The molecule has 0 radical (unpaired) electrons. The van der Waals surface area contributed by atoms with Crippen LogP contribution in [0.1, 0.15) is 5.56 Å². The molecule has 3 rings (SSSR count). The van der Waals surface area contributed by atoms with Gasteiger partial charge in [-0.15, -0.1) is 0 Å². The van der Waals surface area contributed by atoms with Crippen LogP contribution in [0.25, 0.3) is 0 Å². The Morgan fingerprint density at radius 3 is 2.52 bits per heavy atom. The number of carbonyl (C=O) groups is 1. The number of piperazine rings is 1. The Bertz CT molecular complexity index is 929. The van der Waals surface area contributed by atoms with E-state index in [-0.39, 0.29) is 11.3 Å². The van der Waals surface area contributed by atoms with E-state index in [9.17, 15) is 23.2 Å². The predicted molar refractivity (Wildman–Crippen MR) is 102 cm³/mol. The Balaban J connectivity index is 1.63. The molecule has 0 unspecified atom stereocenters. The number of amides is 1. The molecule has 0 spiro atoms. The van der Waals surface area contributed by atoms with E-state index in [0.29, 0.717) is 26.2 Å². The lowest BCUT2D eigenvalue weighted by atomic mass is 10.2. The summed E-state index contributed by atoms with van der Waals surface area (Å²) in [6.45, 7) is 2.50. The minimum Gasteiger partial charge on any atom is -0.373 e. The van der Waals surface area contributed by atoms with Crippen LogP contribution in [0.5, 0.6) is 0 Å². The van der Waals surface area contributed by atoms with Crippen molar-refractivity contribution in [2.75, 3.05) is 36.4 Å². The maximum absolute atomic E-state index is 12.8. The maximum Gasteiger partial charge on any atom is 0.416 e. The molecule has 1 aliphatic rings. The fraction of sp³-hybridized carbons (Fsp3) is 0.250. The molecule has 0 aliphatic carbocycles. The lowest BCUT2D eigenvalue weighted by Crippen LogP contribution is -2.44. The van der Waals surface area contributed by atoms with Gasteiger partial charge in [0.25, 0.3) is 5.91 Å². The summed E-state index contributed by atoms with van der Waals surface area (Å²) in [5, 5.41) is 11.7. The number of nitriles is 1. The van der Waals surface area contributed by atoms with E-state index in [1.807, 2.05) is 29.2 Å². The van der Waals surface area contributed by atoms with E-state index in [2.05, 4.69) is 15.2 Å². The highest BCUT2D eigenvalue weighted by Gasteiger charge is 2.30. The van der Waals surface area contributed by atoms with Gasteiger partial charge in [0.15, 0.2) is 0 Å². The smallest absolute Gasteiger partial charge is 0.373 e. The van der Waals surface area contributed by atoms with Crippen LogP contribution in [0.3, 0.4) is 0 Å². The first kappa shape index (κ1) is 20.2. The lowest BCUT2D eigenvalue weighted by molar-refractivity contribution is -0.137. The third-order valence-corrected chi connectivity index (χ3v) is 4.41. The minimum atomic E-state index is -4.51. The first-order chi connectivity index (χ1) is 13.9. The Kier molecular flexibility index (Phi) is 6.02. The highest BCUT2D eigenvalue weighted by atomic mass is 19.4. The number of nitrogens with one attached hydrogen (secondary N) is 1. The lowest BCUT2D eigenvalue weighted by Gasteiger charge is -2.34. The molecule has 150 valence electrons. The highest BCUT2D eigenvalue weighted by Crippen LogP contribution is 2.30. The summed E-state index contributed by atoms with van der Waals surface area (Å²) in [6.07, 6.45) is -1.35. The topological polar surface area (TPSA) is 72.3 Å². The molecule has 1 aromatic heterocycles. The molecule has 1 N–H and O–H groups in total. The van der Waals surface area contributed by atoms with Crippen LogP contribution in [0.4, 0.5) is 24.7 Å². The monoisotopic (exact) mass is 401 g/mol. The van der Waals surface area contributed by atoms with Crippen LogP contribution in [0.2, 0.25) is 0 Å². The Morgan fingerprint density at radius 2 is 1.90 bits per heavy atom. The van der Waals surface area contributed by atoms with Gasteiger partial charge in [0.2, 0.25) is 0 Å². The van der Waals surface area contributed by atoms with Crippen LogP contribution in [-0.2, 0) is 11.0 Å². The number of benzene rings is 1. The van der Waals surface area contributed by atoms with E-state index in [4.69, 9.17) is 0 Å². The molecule has 9 heteroatoms. The molecule has 6 nitrogen and oxygen atoms in total. The van der Waals surface area contributed by atoms with Crippen molar-refractivity contribution >= 4 is 17.4 Å². The molecule has 2 aromatic rings. The standard InChI is InChI=1S/C20H18F3N5O/c21-20(22,23)16-4-3-5-17(12-16)26-19(29)15(13-24)14-27-8-10-28(11-9-27)18-6-1-2-7-25-18/h1-7,12,14H,8-11H2,(H,26,29)/b15-14-. The number of pyridine rings is 1. The average molecular weight is 401 g/mol.